The van der Waals surface area contributed by atoms with Gasteiger partial charge in [0.1, 0.15) is 5.60 Å². The zero-order valence-corrected chi connectivity index (χ0v) is 11.2. The zero-order valence-electron chi connectivity index (χ0n) is 11.2. The highest BCUT2D eigenvalue weighted by Gasteiger charge is 2.35. The molecule has 3 nitrogen and oxygen atoms in total. The maximum Gasteiger partial charge on any atom is 0.311 e. The van der Waals surface area contributed by atoms with Crippen LogP contribution in [0.25, 0.3) is 0 Å². The summed E-state index contributed by atoms with van der Waals surface area (Å²) in [6, 6.07) is 0. The van der Waals surface area contributed by atoms with E-state index < -0.39 is 0 Å². The van der Waals surface area contributed by atoms with Crippen molar-refractivity contribution < 1.29 is 9.53 Å². The molecule has 0 aromatic rings. The van der Waals surface area contributed by atoms with Crippen LogP contribution in [0.2, 0.25) is 0 Å². The first-order valence-electron chi connectivity index (χ1n) is 6.23. The number of carbonyl (C=O) groups is 1. The van der Waals surface area contributed by atoms with Crippen LogP contribution in [0, 0.1) is 17.8 Å². The molecule has 3 heteroatoms. The minimum Gasteiger partial charge on any atom is -0.460 e. The van der Waals surface area contributed by atoms with Gasteiger partial charge in [0.2, 0.25) is 0 Å². The van der Waals surface area contributed by atoms with Crippen LogP contribution < -0.4 is 5.32 Å². The summed E-state index contributed by atoms with van der Waals surface area (Å²) in [4.78, 5) is 12.0. The summed E-state index contributed by atoms with van der Waals surface area (Å²) < 4.78 is 5.45. The monoisotopic (exact) mass is 227 g/mol. The third kappa shape index (κ3) is 4.12. The molecule has 1 saturated heterocycles. The van der Waals surface area contributed by atoms with E-state index in [0.717, 1.165) is 19.5 Å². The van der Waals surface area contributed by atoms with E-state index in [-0.39, 0.29) is 17.5 Å². The number of ether oxygens (including phenoxy) is 1. The molecule has 0 aromatic carbocycles. The third-order valence-electron chi connectivity index (χ3n) is 2.82. The predicted molar refractivity (Wildman–Crippen MR) is 65.1 cm³/mol. The fourth-order valence-electron chi connectivity index (χ4n) is 2.24. The lowest BCUT2D eigenvalue weighted by molar-refractivity contribution is -0.160. The lowest BCUT2D eigenvalue weighted by Crippen LogP contribution is -2.32. The van der Waals surface area contributed by atoms with Gasteiger partial charge in [-0.25, -0.2) is 0 Å². The molecule has 94 valence electrons. The van der Waals surface area contributed by atoms with Gasteiger partial charge in [0, 0.05) is 6.54 Å². The lowest BCUT2D eigenvalue weighted by atomic mass is 9.88. The minimum absolute atomic E-state index is 0.0387. The van der Waals surface area contributed by atoms with E-state index in [4.69, 9.17) is 4.74 Å². The molecule has 0 unspecified atom stereocenters. The second-order valence-corrected chi connectivity index (χ2v) is 6.19. The Labute approximate surface area is 98.9 Å². The molecule has 0 radical (unpaired) electrons. The first kappa shape index (κ1) is 13.5. The van der Waals surface area contributed by atoms with Gasteiger partial charge in [0.15, 0.2) is 0 Å². The zero-order chi connectivity index (χ0) is 12.3. The second kappa shape index (κ2) is 5.17. The molecule has 0 aliphatic carbocycles. The Morgan fingerprint density at radius 3 is 2.50 bits per heavy atom. The molecule has 0 amide bonds. The van der Waals surface area contributed by atoms with E-state index in [0.29, 0.717) is 11.8 Å². The van der Waals surface area contributed by atoms with Gasteiger partial charge in [-0.2, -0.15) is 0 Å². The molecule has 1 fully saturated rings. The van der Waals surface area contributed by atoms with E-state index in [1.54, 1.807) is 0 Å². The van der Waals surface area contributed by atoms with Crippen LogP contribution in [0.1, 0.15) is 41.0 Å². The molecular weight excluding hydrogens is 202 g/mol. The number of carbonyl (C=O) groups excluding carboxylic acids is 1. The Morgan fingerprint density at radius 2 is 2.00 bits per heavy atom. The van der Waals surface area contributed by atoms with Crippen LogP contribution in [0.4, 0.5) is 0 Å². The van der Waals surface area contributed by atoms with E-state index in [1.165, 1.54) is 0 Å². The number of rotatable bonds is 3. The first-order chi connectivity index (χ1) is 7.29. The van der Waals surface area contributed by atoms with Gasteiger partial charge in [-0.1, -0.05) is 13.8 Å². The van der Waals surface area contributed by atoms with E-state index in [2.05, 4.69) is 19.2 Å². The highest BCUT2D eigenvalue weighted by Crippen LogP contribution is 2.26. The van der Waals surface area contributed by atoms with E-state index in [9.17, 15) is 4.79 Å². The van der Waals surface area contributed by atoms with Gasteiger partial charge in [-0.15, -0.1) is 0 Å². The Balaban J connectivity index is 2.54. The van der Waals surface area contributed by atoms with Crippen molar-refractivity contribution in [2.45, 2.75) is 46.6 Å². The molecule has 2 atom stereocenters. The van der Waals surface area contributed by atoms with Gasteiger partial charge in [-0.3, -0.25) is 4.79 Å². The summed E-state index contributed by atoms with van der Waals surface area (Å²) in [6.07, 6.45) is 1.09. The number of hydrogen-bond acceptors (Lipinski definition) is 3. The van der Waals surface area contributed by atoms with Crippen molar-refractivity contribution in [2.24, 2.45) is 17.8 Å². The highest BCUT2D eigenvalue weighted by molar-refractivity contribution is 5.74. The second-order valence-electron chi connectivity index (χ2n) is 6.19. The molecule has 0 aromatic heterocycles. The Kier molecular flexibility index (Phi) is 4.36. The summed E-state index contributed by atoms with van der Waals surface area (Å²) in [5, 5.41) is 3.29. The van der Waals surface area contributed by atoms with Crippen molar-refractivity contribution in [3.05, 3.63) is 0 Å². The van der Waals surface area contributed by atoms with Crippen molar-refractivity contribution >= 4 is 5.97 Å². The summed E-state index contributed by atoms with van der Waals surface area (Å²) >= 11 is 0. The molecule has 0 spiro atoms. The Bertz CT molecular complexity index is 243. The summed E-state index contributed by atoms with van der Waals surface area (Å²) in [5.74, 6) is 1.08. The van der Waals surface area contributed by atoms with Gasteiger partial charge >= 0.3 is 5.97 Å². The van der Waals surface area contributed by atoms with E-state index >= 15 is 0 Å². The number of esters is 1. The fraction of sp³-hybridized carbons (Fsp3) is 0.923. The average Bonchev–Trinajstić information content (AvgIpc) is 2.47. The standard InChI is InChI=1S/C13H25NO2/c1-9(2)6-10-7-14-8-11(10)12(15)16-13(3,4)5/h9-11,14H,6-8H2,1-5H3/t10-,11-/m1/s1. The normalized spacial score (nSPS) is 26.1. The Morgan fingerprint density at radius 1 is 1.38 bits per heavy atom. The van der Waals surface area contributed by atoms with Crippen molar-refractivity contribution in [1.29, 1.82) is 0 Å². The van der Waals surface area contributed by atoms with Gasteiger partial charge in [-0.05, 0) is 45.6 Å². The molecule has 16 heavy (non-hydrogen) atoms. The maximum absolute atomic E-state index is 12.0. The lowest BCUT2D eigenvalue weighted by Gasteiger charge is -2.25. The molecule has 1 aliphatic heterocycles. The fourth-order valence-corrected chi connectivity index (χ4v) is 2.24. The van der Waals surface area contributed by atoms with E-state index in [1.807, 2.05) is 20.8 Å². The van der Waals surface area contributed by atoms with Crippen LogP contribution in [0.3, 0.4) is 0 Å². The SMILES string of the molecule is CC(C)C[C@@H]1CNC[C@H]1C(=O)OC(C)(C)C. The topological polar surface area (TPSA) is 38.3 Å². The van der Waals surface area contributed by atoms with Crippen LogP contribution >= 0.6 is 0 Å². The van der Waals surface area contributed by atoms with Gasteiger partial charge < -0.3 is 10.1 Å². The molecule has 0 bridgehead atoms. The molecular formula is C13H25NO2. The van der Waals surface area contributed by atoms with Crippen molar-refractivity contribution in [2.75, 3.05) is 13.1 Å². The van der Waals surface area contributed by atoms with Crippen molar-refractivity contribution in [3.8, 4) is 0 Å². The Hall–Kier alpha value is -0.570. The van der Waals surface area contributed by atoms with Crippen molar-refractivity contribution in [3.63, 3.8) is 0 Å². The minimum atomic E-state index is -0.373. The average molecular weight is 227 g/mol. The summed E-state index contributed by atoms with van der Waals surface area (Å²) in [5.41, 5.74) is -0.373. The van der Waals surface area contributed by atoms with Gasteiger partial charge in [0.25, 0.3) is 0 Å². The number of hydrogen-bond donors (Lipinski definition) is 1. The molecule has 1 heterocycles. The highest BCUT2D eigenvalue weighted by atomic mass is 16.6. The summed E-state index contributed by atoms with van der Waals surface area (Å²) in [6.45, 7) is 11.9. The van der Waals surface area contributed by atoms with Gasteiger partial charge in [0.05, 0.1) is 5.92 Å². The largest absolute Gasteiger partial charge is 0.460 e. The quantitative estimate of drug-likeness (QED) is 0.751. The molecule has 1 rings (SSSR count). The van der Waals surface area contributed by atoms with Crippen LogP contribution in [0.5, 0.6) is 0 Å². The van der Waals surface area contributed by atoms with Crippen LogP contribution in [-0.2, 0) is 9.53 Å². The first-order valence-corrected chi connectivity index (χ1v) is 6.23. The van der Waals surface area contributed by atoms with Crippen LogP contribution in [0.15, 0.2) is 0 Å². The molecule has 0 saturated carbocycles. The molecule has 1 N–H and O–H groups in total. The number of nitrogens with one attached hydrogen (secondary N) is 1. The van der Waals surface area contributed by atoms with Crippen molar-refractivity contribution in [1.82, 2.24) is 5.32 Å². The maximum atomic E-state index is 12.0. The predicted octanol–water partition coefficient (Wildman–Crippen LogP) is 2.21. The summed E-state index contributed by atoms with van der Waals surface area (Å²) in [7, 11) is 0. The van der Waals surface area contributed by atoms with Crippen LogP contribution in [-0.4, -0.2) is 24.7 Å². The third-order valence-corrected chi connectivity index (χ3v) is 2.82. The smallest absolute Gasteiger partial charge is 0.311 e. The molecule has 1 aliphatic rings.